The number of nitrogens with one attached hydrogen (secondary N) is 2. The molecule has 0 radical (unpaired) electrons. The fourth-order valence-electron chi connectivity index (χ4n) is 3.24. The second-order valence-corrected chi connectivity index (χ2v) is 9.19. The highest BCUT2D eigenvalue weighted by Crippen LogP contribution is 2.26. The molecule has 0 unspecified atom stereocenters. The van der Waals surface area contributed by atoms with Crippen LogP contribution < -0.4 is 10.0 Å². The second-order valence-electron chi connectivity index (χ2n) is 7.14. The van der Waals surface area contributed by atoms with Crippen LogP contribution in [0, 0.1) is 6.92 Å². The highest BCUT2D eigenvalue weighted by molar-refractivity contribution is 7.92. The Morgan fingerprint density at radius 1 is 0.806 bits per heavy atom. The SMILES string of the molecule is Cc1cccc(NS(=O)(=O)c2cc(C(=O)Nc3ccc4ccccc4c3)ccc2Cl)c1. The average molecular weight is 451 g/mol. The average Bonchev–Trinajstić information content (AvgIpc) is 2.73. The fourth-order valence-corrected chi connectivity index (χ4v) is 4.82. The first-order chi connectivity index (χ1) is 14.8. The number of amides is 1. The number of carbonyl (C=O) groups is 1. The third-order valence-electron chi connectivity index (χ3n) is 4.76. The maximum Gasteiger partial charge on any atom is 0.263 e. The van der Waals surface area contributed by atoms with Crippen LogP contribution in [0.15, 0.2) is 89.8 Å². The van der Waals surface area contributed by atoms with E-state index in [0.29, 0.717) is 11.4 Å². The van der Waals surface area contributed by atoms with E-state index in [4.69, 9.17) is 11.6 Å². The molecule has 0 saturated heterocycles. The number of aryl methyl sites for hydroxylation is 1. The summed E-state index contributed by atoms with van der Waals surface area (Å²) >= 11 is 6.16. The molecule has 0 aromatic heterocycles. The van der Waals surface area contributed by atoms with Gasteiger partial charge >= 0.3 is 0 Å². The van der Waals surface area contributed by atoms with Crippen molar-refractivity contribution in [3.05, 3.63) is 101 Å². The highest BCUT2D eigenvalue weighted by Gasteiger charge is 2.20. The topological polar surface area (TPSA) is 75.3 Å². The van der Waals surface area contributed by atoms with E-state index >= 15 is 0 Å². The fraction of sp³-hybridized carbons (Fsp3) is 0.0417. The second kappa shape index (κ2) is 8.41. The monoisotopic (exact) mass is 450 g/mol. The minimum absolute atomic E-state index is 0.0300. The van der Waals surface area contributed by atoms with Crippen molar-refractivity contribution in [3.8, 4) is 0 Å². The molecule has 7 heteroatoms. The zero-order chi connectivity index (χ0) is 22.0. The van der Waals surface area contributed by atoms with Crippen LogP contribution in [0.5, 0.6) is 0 Å². The van der Waals surface area contributed by atoms with Crippen LogP contribution in [0.3, 0.4) is 0 Å². The predicted octanol–water partition coefficient (Wildman–Crippen LogP) is 5.85. The Hall–Kier alpha value is -3.35. The van der Waals surface area contributed by atoms with Gasteiger partial charge in [-0.15, -0.1) is 0 Å². The van der Waals surface area contributed by atoms with Crippen molar-refractivity contribution in [2.24, 2.45) is 0 Å². The summed E-state index contributed by atoms with van der Waals surface area (Å²) in [5.74, 6) is -0.432. The van der Waals surface area contributed by atoms with Gasteiger partial charge in [-0.2, -0.15) is 0 Å². The van der Waals surface area contributed by atoms with E-state index in [2.05, 4.69) is 10.0 Å². The van der Waals surface area contributed by atoms with Gasteiger partial charge in [0.15, 0.2) is 0 Å². The summed E-state index contributed by atoms with van der Waals surface area (Å²) in [6, 6.07) is 24.5. The summed E-state index contributed by atoms with van der Waals surface area (Å²) in [7, 11) is -3.98. The molecule has 1 amide bonds. The Bertz CT molecular complexity index is 1400. The van der Waals surface area contributed by atoms with Crippen molar-refractivity contribution >= 4 is 49.7 Å². The van der Waals surface area contributed by atoms with E-state index < -0.39 is 15.9 Å². The Morgan fingerprint density at radius 2 is 1.58 bits per heavy atom. The molecule has 4 rings (SSSR count). The van der Waals surface area contributed by atoms with Crippen molar-refractivity contribution in [2.45, 2.75) is 11.8 Å². The van der Waals surface area contributed by atoms with Crippen LogP contribution in [0.2, 0.25) is 5.02 Å². The van der Waals surface area contributed by atoms with E-state index in [0.717, 1.165) is 16.3 Å². The van der Waals surface area contributed by atoms with Gasteiger partial charge in [0.2, 0.25) is 0 Å². The van der Waals surface area contributed by atoms with Gasteiger partial charge in [-0.25, -0.2) is 8.42 Å². The molecule has 0 fully saturated rings. The van der Waals surface area contributed by atoms with Crippen molar-refractivity contribution in [1.29, 1.82) is 0 Å². The molecular weight excluding hydrogens is 432 g/mol. The first kappa shape index (κ1) is 20.9. The summed E-state index contributed by atoms with van der Waals surface area (Å²) in [6.45, 7) is 1.86. The Kier molecular flexibility index (Phi) is 5.67. The number of carbonyl (C=O) groups excluding carboxylic acids is 1. The van der Waals surface area contributed by atoms with E-state index in [1.165, 1.54) is 18.2 Å². The van der Waals surface area contributed by atoms with Gasteiger partial charge in [0.1, 0.15) is 4.90 Å². The number of halogens is 1. The van der Waals surface area contributed by atoms with Crippen molar-refractivity contribution < 1.29 is 13.2 Å². The predicted molar refractivity (Wildman–Crippen MR) is 125 cm³/mol. The summed E-state index contributed by atoms with van der Waals surface area (Å²) < 4.78 is 28.3. The zero-order valence-corrected chi connectivity index (χ0v) is 18.2. The minimum atomic E-state index is -3.98. The van der Waals surface area contributed by atoms with Gasteiger partial charge in [-0.05, 0) is 65.7 Å². The van der Waals surface area contributed by atoms with Gasteiger partial charge in [0.05, 0.1) is 5.02 Å². The van der Waals surface area contributed by atoms with Gasteiger partial charge in [-0.3, -0.25) is 9.52 Å². The van der Waals surface area contributed by atoms with Crippen molar-refractivity contribution in [2.75, 3.05) is 10.0 Å². The molecule has 156 valence electrons. The molecule has 0 saturated carbocycles. The Balaban J connectivity index is 1.60. The largest absolute Gasteiger partial charge is 0.322 e. The van der Waals surface area contributed by atoms with Gasteiger partial charge < -0.3 is 5.32 Å². The number of hydrogen-bond donors (Lipinski definition) is 2. The van der Waals surface area contributed by atoms with E-state index in [9.17, 15) is 13.2 Å². The molecule has 0 spiro atoms. The molecule has 4 aromatic carbocycles. The first-order valence-corrected chi connectivity index (χ1v) is 11.4. The van der Waals surface area contributed by atoms with Gasteiger partial charge in [0, 0.05) is 16.9 Å². The number of fused-ring (bicyclic) bond motifs is 1. The van der Waals surface area contributed by atoms with E-state index in [1.54, 1.807) is 24.3 Å². The van der Waals surface area contributed by atoms with Crippen LogP contribution >= 0.6 is 11.6 Å². The quantitative estimate of drug-likeness (QED) is 0.400. The number of sulfonamides is 1. The maximum atomic E-state index is 12.9. The normalized spacial score (nSPS) is 11.3. The lowest BCUT2D eigenvalue weighted by Crippen LogP contribution is -2.16. The molecular formula is C24H19ClN2O3S. The van der Waals surface area contributed by atoms with Crippen LogP contribution in [0.25, 0.3) is 10.8 Å². The molecule has 0 aliphatic heterocycles. The van der Waals surface area contributed by atoms with Crippen LogP contribution in [0.4, 0.5) is 11.4 Å². The summed E-state index contributed by atoms with van der Waals surface area (Å²) in [6.07, 6.45) is 0. The standard InChI is InChI=1S/C24H19ClN2O3S/c1-16-5-4-8-21(13-16)27-31(29,30)23-15-19(10-12-22(23)25)24(28)26-20-11-9-17-6-2-3-7-18(17)14-20/h2-15,27H,1H3,(H,26,28). The lowest BCUT2D eigenvalue weighted by Gasteiger charge is -2.12. The van der Waals surface area contributed by atoms with E-state index in [1.807, 2.05) is 49.4 Å². The molecule has 5 nitrogen and oxygen atoms in total. The van der Waals surface area contributed by atoms with Crippen molar-refractivity contribution in [3.63, 3.8) is 0 Å². The highest BCUT2D eigenvalue weighted by atomic mass is 35.5. The molecule has 0 atom stereocenters. The summed E-state index contributed by atoms with van der Waals surface area (Å²) in [5, 5.41) is 4.88. The molecule has 0 bridgehead atoms. The number of hydrogen-bond acceptors (Lipinski definition) is 3. The van der Waals surface area contributed by atoms with E-state index in [-0.39, 0.29) is 15.5 Å². The van der Waals surface area contributed by atoms with Crippen molar-refractivity contribution in [1.82, 2.24) is 0 Å². The third-order valence-corrected chi connectivity index (χ3v) is 6.62. The number of benzene rings is 4. The summed E-state index contributed by atoms with van der Waals surface area (Å²) in [4.78, 5) is 12.6. The maximum absolute atomic E-state index is 12.9. The lowest BCUT2D eigenvalue weighted by atomic mass is 10.1. The van der Waals surface area contributed by atoms with Crippen LogP contribution in [0.1, 0.15) is 15.9 Å². The summed E-state index contributed by atoms with van der Waals surface area (Å²) in [5.41, 5.74) is 2.13. The molecule has 0 aliphatic rings. The molecule has 4 aromatic rings. The number of rotatable bonds is 5. The Labute approximate surface area is 185 Å². The zero-order valence-electron chi connectivity index (χ0n) is 16.6. The molecule has 0 heterocycles. The molecule has 0 aliphatic carbocycles. The first-order valence-electron chi connectivity index (χ1n) is 9.51. The Morgan fingerprint density at radius 3 is 2.35 bits per heavy atom. The molecule has 31 heavy (non-hydrogen) atoms. The van der Waals surface area contributed by atoms with Gasteiger partial charge in [-0.1, -0.05) is 54.1 Å². The molecule has 2 N–H and O–H groups in total. The van der Waals surface area contributed by atoms with Crippen LogP contribution in [-0.2, 0) is 10.0 Å². The minimum Gasteiger partial charge on any atom is -0.322 e. The third kappa shape index (κ3) is 4.71. The van der Waals surface area contributed by atoms with Gasteiger partial charge in [0.25, 0.3) is 15.9 Å². The smallest absolute Gasteiger partial charge is 0.263 e. The number of anilines is 2. The van der Waals surface area contributed by atoms with Crippen LogP contribution in [-0.4, -0.2) is 14.3 Å². The lowest BCUT2D eigenvalue weighted by molar-refractivity contribution is 0.102.